The largest absolute Gasteiger partial charge is 0.416 e. The quantitative estimate of drug-likeness (QED) is 0.0322. The van der Waals surface area contributed by atoms with Crippen molar-refractivity contribution in [3.63, 3.8) is 0 Å². The summed E-state index contributed by atoms with van der Waals surface area (Å²) in [6.45, 7) is 0.928. The molecule has 30 heteroatoms. The van der Waals surface area contributed by atoms with E-state index in [2.05, 4.69) is 57.5 Å². The smallest absolute Gasteiger partial charge is 0.370 e. The highest BCUT2D eigenvalue weighted by Crippen LogP contribution is 2.32. The Morgan fingerprint density at radius 3 is 1.88 bits per heavy atom. The van der Waals surface area contributed by atoms with E-state index in [0.717, 1.165) is 25.1 Å². The number of primary amides is 2. The number of aromatic amines is 1. The molecule has 27 nitrogen and oxygen atoms in total. The summed E-state index contributed by atoms with van der Waals surface area (Å²) >= 11 is 0. The Bertz CT molecular complexity index is 2760. The second-order valence-corrected chi connectivity index (χ2v) is 18.9. The van der Waals surface area contributed by atoms with Crippen molar-refractivity contribution in [3.8, 4) is 0 Å². The lowest BCUT2D eigenvalue weighted by molar-refractivity contribution is -0.139. The van der Waals surface area contributed by atoms with Gasteiger partial charge in [-0.1, -0.05) is 36.4 Å². The van der Waals surface area contributed by atoms with Gasteiger partial charge in [0.25, 0.3) is 0 Å². The van der Waals surface area contributed by atoms with Crippen LogP contribution in [0.3, 0.4) is 0 Å². The average Bonchev–Trinajstić information content (AvgIpc) is 3.79. The molecule has 0 bridgehead atoms. The molecule has 0 aliphatic carbocycles. The van der Waals surface area contributed by atoms with Crippen LogP contribution >= 0.6 is 0 Å². The standard InChI is InChI=1S/C50H70F3N17O10/c1-26(71)64-33(13-7-21-61-48(56)57)42(75)66-34-14-6-20-60-40(73)19-17-32(41(55)74)65-46(79)38(24-28-25-63-31-12-5-3-10-29(28)31)70-44(77)35(15-8-22-62-49(58)59)67-47(80)37(23-27-9-2-4-11-30(27)50(51,52)53)69-45(78)36(68-43(34)76)16-18-39(54)72/h2-5,9-12,25,32-38,63H,6-8,13-24H2,1H3,(H2,54,72)(H2,55,74)(H,60,73)(H,64,71)(H,65,79)(H,66,75)(H,67,80)(H,68,76)(H,69,78)(H,70,77)(H4,56,57,61)(H4,58,59,62)/t32-,33-,34-,35-,36-,37+,38-/m0/s1. The number of hydrogen-bond donors (Lipinski definition) is 15. The number of carbonyl (C=O) groups excluding carboxylic acids is 10. The lowest BCUT2D eigenvalue weighted by atomic mass is 9.98. The zero-order chi connectivity index (χ0) is 59.1. The number of H-pyrrole nitrogens is 1. The Morgan fingerprint density at radius 1 is 0.688 bits per heavy atom. The van der Waals surface area contributed by atoms with Crippen LogP contribution in [0.2, 0.25) is 0 Å². The van der Waals surface area contributed by atoms with E-state index in [1.165, 1.54) is 6.07 Å². The normalized spacial score (nSPS) is 20.7. The number of aliphatic imine (C=N–C) groups is 2. The molecule has 436 valence electrons. The molecule has 0 saturated carbocycles. The molecule has 2 heterocycles. The van der Waals surface area contributed by atoms with Gasteiger partial charge in [-0.05, 0) is 74.6 Å². The minimum Gasteiger partial charge on any atom is -0.370 e. The first-order valence-corrected chi connectivity index (χ1v) is 25.6. The van der Waals surface area contributed by atoms with Gasteiger partial charge in [0.15, 0.2) is 11.9 Å². The summed E-state index contributed by atoms with van der Waals surface area (Å²) in [4.78, 5) is 148. The summed E-state index contributed by atoms with van der Waals surface area (Å²) in [5, 5.41) is 20.7. The third-order valence-corrected chi connectivity index (χ3v) is 12.6. The summed E-state index contributed by atoms with van der Waals surface area (Å²) in [5.74, 6) is -10.2. The number of alkyl halides is 3. The van der Waals surface area contributed by atoms with Crippen LogP contribution in [-0.4, -0.2) is 138 Å². The summed E-state index contributed by atoms with van der Waals surface area (Å²) in [6, 6.07) is -0.182. The van der Waals surface area contributed by atoms with Gasteiger partial charge in [-0.3, -0.25) is 57.9 Å². The van der Waals surface area contributed by atoms with E-state index in [4.69, 9.17) is 34.4 Å². The molecule has 0 radical (unpaired) electrons. The van der Waals surface area contributed by atoms with Gasteiger partial charge < -0.3 is 81.9 Å². The number of hydrogen-bond acceptors (Lipinski definition) is 12. The van der Waals surface area contributed by atoms with Crippen LogP contribution in [0.1, 0.15) is 87.8 Å². The van der Waals surface area contributed by atoms with Gasteiger partial charge >= 0.3 is 6.18 Å². The maximum absolute atomic E-state index is 14.7. The highest BCUT2D eigenvalue weighted by atomic mass is 19.4. The first-order chi connectivity index (χ1) is 37.8. The summed E-state index contributed by atoms with van der Waals surface area (Å²) in [5.41, 5.74) is 32.5. The fraction of sp³-hybridized carbons (Fsp3) is 0.480. The molecule has 80 heavy (non-hydrogen) atoms. The molecule has 1 aliphatic heterocycles. The van der Waals surface area contributed by atoms with Gasteiger partial charge in [0.2, 0.25) is 59.1 Å². The van der Waals surface area contributed by atoms with E-state index in [0.29, 0.717) is 16.5 Å². The number of nitrogens with one attached hydrogen (secondary N) is 9. The highest BCUT2D eigenvalue weighted by molar-refractivity contribution is 5.98. The van der Waals surface area contributed by atoms with E-state index in [9.17, 15) is 61.1 Å². The Hall–Kier alpha value is -8.99. The SMILES string of the molecule is CC(=O)N[C@@H](CCCN=C(N)N)C(=O)N[C@H]1CCCNC(=O)CC[C@@H](C(N)=O)NC(=O)[C@H](Cc2c[nH]c3ccccc23)NC(=O)[C@H](CCCN=C(N)N)NC(=O)[C@@H](Cc2ccccc2C(F)(F)F)NC(=O)[C@H](CCC(N)=O)NC1=O. The van der Waals surface area contributed by atoms with E-state index >= 15 is 0 Å². The van der Waals surface area contributed by atoms with Crippen LogP contribution in [0, 0.1) is 0 Å². The summed E-state index contributed by atoms with van der Waals surface area (Å²) < 4.78 is 43.6. The predicted molar refractivity (Wildman–Crippen MR) is 285 cm³/mol. The van der Waals surface area contributed by atoms with E-state index < -0.39 is 138 Å². The number of nitrogens with zero attached hydrogens (tertiary/aromatic N) is 2. The molecule has 1 aromatic heterocycles. The Morgan fingerprint density at radius 2 is 1.25 bits per heavy atom. The van der Waals surface area contributed by atoms with Gasteiger partial charge in [-0.25, -0.2) is 0 Å². The van der Waals surface area contributed by atoms with Crippen LogP contribution in [-0.2, 0) is 67.0 Å². The molecule has 1 fully saturated rings. The number of fused-ring (bicyclic) bond motifs is 1. The first kappa shape index (κ1) is 63.5. The van der Waals surface area contributed by atoms with Gasteiger partial charge in [-0.15, -0.1) is 0 Å². The molecule has 0 unspecified atom stereocenters. The van der Waals surface area contributed by atoms with Gasteiger partial charge in [0.05, 0.1) is 5.56 Å². The van der Waals surface area contributed by atoms with E-state index in [1.807, 2.05) is 0 Å². The van der Waals surface area contributed by atoms with Crippen molar-refractivity contribution in [1.82, 2.24) is 47.5 Å². The third kappa shape index (κ3) is 21.1. The number of carbonyl (C=O) groups is 10. The number of rotatable bonds is 19. The number of para-hydroxylation sites is 1. The van der Waals surface area contributed by atoms with Crippen LogP contribution in [0.4, 0.5) is 13.2 Å². The van der Waals surface area contributed by atoms with Crippen LogP contribution in [0.5, 0.6) is 0 Å². The fourth-order valence-corrected chi connectivity index (χ4v) is 8.57. The molecular weight excluding hydrogens is 1060 g/mol. The van der Waals surface area contributed by atoms with Crippen molar-refractivity contribution in [2.45, 2.75) is 132 Å². The minimum atomic E-state index is -4.98. The second-order valence-electron chi connectivity index (χ2n) is 18.9. The third-order valence-electron chi connectivity index (χ3n) is 12.6. The van der Waals surface area contributed by atoms with Crippen molar-refractivity contribution >= 4 is 81.9 Å². The van der Waals surface area contributed by atoms with Crippen LogP contribution in [0.15, 0.2) is 64.7 Å². The zero-order valence-electron chi connectivity index (χ0n) is 43.9. The van der Waals surface area contributed by atoms with Crippen LogP contribution < -0.4 is 76.9 Å². The molecule has 3 aromatic rings. The lowest BCUT2D eigenvalue weighted by Gasteiger charge is -2.28. The van der Waals surface area contributed by atoms with E-state index in [1.54, 1.807) is 30.5 Å². The van der Waals surface area contributed by atoms with Crippen molar-refractivity contribution in [2.75, 3.05) is 19.6 Å². The lowest BCUT2D eigenvalue weighted by Crippen LogP contribution is -2.60. The number of nitrogens with two attached hydrogens (primary N) is 6. The summed E-state index contributed by atoms with van der Waals surface area (Å²) in [6.07, 6.45) is -6.89. The topological polar surface area (TPSA) is 464 Å². The van der Waals surface area contributed by atoms with Gasteiger partial charge in [0, 0.05) is 69.3 Å². The number of benzene rings is 2. The molecule has 7 atom stereocenters. The maximum Gasteiger partial charge on any atom is 0.416 e. The van der Waals surface area contributed by atoms with Crippen molar-refractivity contribution in [2.24, 2.45) is 44.4 Å². The first-order valence-electron chi connectivity index (χ1n) is 25.6. The number of aromatic nitrogens is 1. The highest BCUT2D eigenvalue weighted by Gasteiger charge is 2.38. The van der Waals surface area contributed by atoms with Gasteiger partial charge in [0.1, 0.15) is 42.3 Å². The predicted octanol–water partition coefficient (Wildman–Crippen LogP) is -3.07. The Kier molecular flexibility index (Phi) is 24.5. The average molecular weight is 1130 g/mol. The maximum atomic E-state index is 14.7. The molecule has 2 aromatic carbocycles. The summed E-state index contributed by atoms with van der Waals surface area (Å²) in [7, 11) is 0. The zero-order valence-corrected chi connectivity index (χ0v) is 43.9. The fourth-order valence-electron chi connectivity index (χ4n) is 8.57. The van der Waals surface area contributed by atoms with Gasteiger partial charge in [-0.2, -0.15) is 13.2 Å². The Labute approximate surface area is 457 Å². The molecule has 1 aliphatic rings. The monoisotopic (exact) mass is 1130 g/mol. The Balaban J connectivity index is 1.85. The number of halogens is 3. The van der Waals surface area contributed by atoms with Crippen molar-refractivity contribution in [3.05, 3.63) is 71.4 Å². The second kappa shape index (κ2) is 30.8. The molecule has 1 saturated heterocycles. The molecule has 4 rings (SSSR count). The molecule has 10 amide bonds. The number of guanidine groups is 2. The molecule has 21 N–H and O–H groups in total. The van der Waals surface area contributed by atoms with E-state index in [-0.39, 0.29) is 89.3 Å². The van der Waals surface area contributed by atoms with Crippen molar-refractivity contribution < 1.29 is 61.1 Å². The molecular formula is C50H70F3N17O10. The van der Waals surface area contributed by atoms with Crippen molar-refractivity contribution in [1.29, 1.82) is 0 Å². The minimum absolute atomic E-state index is 0.0300. The van der Waals surface area contributed by atoms with Crippen LogP contribution in [0.25, 0.3) is 10.9 Å². The number of amides is 10. The molecule has 0 spiro atoms.